The summed E-state index contributed by atoms with van der Waals surface area (Å²) < 4.78 is 0. The Bertz CT molecular complexity index is 635. The summed E-state index contributed by atoms with van der Waals surface area (Å²) in [7, 11) is 0. The molecule has 1 aromatic carbocycles. The van der Waals surface area contributed by atoms with Crippen LogP contribution in [0.3, 0.4) is 0 Å². The number of hydrogen-bond donors (Lipinski definition) is 2. The van der Waals surface area contributed by atoms with E-state index in [0.717, 1.165) is 42.8 Å². The van der Waals surface area contributed by atoms with Crippen molar-refractivity contribution in [2.24, 2.45) is 0 Å². The van der Waals surface area contributed by atoms with E-state index >= 15 is 0 Å². The van der Waals surface area contributed by atoms with Gasteiger partial charge in [0, 0.05) is 19.1 Å². The summed E-state index contributed by atoms with van der Waals surface area (Å²) in [6.45, 7) is 1.52. The lowest BCUT2D eigenvalue weighted by atomic mass is 9.95. The predicted octanol–water partition coefficient (Wildman–Crippen LogP) is 3.00. The smallest absolute Gasteiger partial charge is 0.317 e. The molecule has 116 valence electrons. The average molecular weight is 298 g/mol. The zero-order valence-electron chi connectivity index (χ0n) is 12.7. The number of urea groups is 1. The number of benzene rings is 1. The first-order valence-electron chi connectivity index (χ1n) is 8.30. The number of H-pyrrole nitrogens is 1. The third-order valence-corrected chi connectivity index (χ3v) is 4.90. The molecule has 0 spiro atoms. The number of para-hydroxylation sites is 2. The fraction of sp³-hybridized carbons (Fsp3) is 0.529. The Morgan fingerprint density at radius 1 is 1.18 bits per heavy atom. The predicted molar refractivity (Wildman–Crippen MR) is 85.8 cm³/mol. The first-order valence-corrected chi connectivity index (χ1v) is 8.30. The van der Waals surface area contributed by atoms with Gasteiger partial charge in [-0.25, -0.2) is 9.78 Å². The maximum atomic E-state index is 12.2. The Morgan fingerprint density at radius 3 is 2.73 bits per heavy atom. The van der Waals surface area contributed by atoms with Gasteiger partial charge in [-0.2, -0.15) is 0 Å². The number of aromatic nitrogens is 2. The quantitative estimate of drug-likeness (QED) is 0.895. The molecule has 2 amide bonds. The number of rotatable bonds is 2. The van der Waals surface area contributed by atoms with Gasteiger partial charge in [0.1, 0.15) is 5.82 Å². The van der Waals surface area contributed by atoms with Crippen LogP contribution in [0.5, 0.6) is 0 Å². The fourth-order valence-electron chi connectivity index (χ4n) is 3.50. The van der Waals surface area contributed by atoms with Gasteiger partial charge in [0.25, 0.3) is 0 Å². The van der Waals surface area contributed by atoms with Crippen LogP contribution in [-0.2, 0) is 0 Å². The minimum atomic E-state index is 0.0965. The number of imidazole rings is 1. The van der Waals surface area contributed by atoms with E-state index in [4.69, 9.17) is 0 Å². The lowest BCUT2D eigenvalue weighted by molar-refractivity contribution is 0.143. The highest BCUT2D eigenvalue weighted by Gasteiger charge is 2.34. The molecule has 2 N–H and O–H groups in total. The lowest BCUT2D eigenvalue weighted by Crippen LogP contribution is -2.54. The highest BCUT2D eigenvalue weighted by atomic mass is 16.2. The van der Waals surface area contributed by atoms with Crippen molar-refractivity contribution in [3.63, 3.8) is 0 Å². The SMILES string of the molecule is O=C(NC1CCCCC1)N1CC(c2nc3ccccc3[nH]2)C1. The molecule has 2 fully saturated rings. The van der Waals surface area contributed by atoms with Crippen LogP contribution in [0.4, 0.5) is 4.79 Å². The van der Waals surface area contributed by atoms with Gasteiger partial charge in [0.2, 0.25) is 0 Å². The van der Waals surface area contributed by atoms with E-state index in [-0.39, 0.29) is 6.03 Å². The number of nitrogens with zero attached hydrogens (tertiary/aromatic N) is 2. The molecule has 2 aliphatic rings. The van der Waals surface area contributed by atoms with E-state index < -0.39 is 0 Å². The first kappa shape index (κ1) is 13.6. The number of hydrogen-bond acceptors (Lipinski definition) is 2. The summed E-state index contributed by atoms with van der Waals surface area (Å²) in [6, 6.07) is 8.54. The van der Waals surface area contributed by atoms with Crippen molar-refractivity contribution in [2.75, 3.05) is 13.1 Å². The third kappa shape index (κ3) is 2.56. The van der Waals surface area contributed by atoms with E-state index in [2.05, 4.69) is 15.3 Å². The highest BCUT2D eigenvalue weighted by molar-refractivity contribution is 5.77. The van der Waals surface area contributed by atoms with E-state index in [9.17, 15) is 4.79 Å². The molecule has 1 aliphatic heterocycles. The minimum absolute atomic E-state index is 0.0965. The molecule has 0 bridgehead atoms. The average Bonchev–Trinajstić information content (AvgIpc) is 2.90. The van der Waals surface area contributed by atoms with Gasteiger partial charge in [-0.15, -0.1) is 0 Å². The Morgan fingerprint density at radius 2 is 1.95 bits per heavy atom. The van der Waals surface area contributed by atoms with Crippen molar-refractivity contribution < 1.29 is 4.79 Å². The zero-order valence-corrected chi connectivity index (χ0v) is 12.7. The number of likely N-dealkylation sites (tertiary alicyclic amines) is 1. The minimum Gasteiger partial charge on any atom is -0.342 e. The van der Waals surface area contributed by atoms with Gasteiger partial charge in [-0.05, 0) is 25.0 Å². The number of nitrogens with one attached hydrogen (secondary N) is 2. The van der Waals surface area contributed by atoms with Crippen molar-refractivity contribution in [1.29, 1.82) is 0 Å². The molecule has 2 aromatic rings. The number of amides is 2. The lowest BCUT2D eigenvalue weighted by Gasteiger charge is -2.39. The van der Waals surface area contributed by atoms with Crippen LogP contribution >= 0.6 is 0 Å². The van der Waals surface area contributed by atoms with Crippen molar-refractivity contribution in [3.8, 4) is 0 Å². The molecule has 0 radical (unpaired) electrons. The van der Waals surface area contributed by atoms with Gasteiger partial charge >= 0.3 is 6.03 Å². The van der Waals surface area contributed by atoms with Gasteiger partial charge in [0.05, 0.1) is 17.0 Å². The van der Waals surface area contributed by atoms with E-state index in [1.54, 1.807) is 0 Å². The van der Waals surface area contributed by atoms with E-state index in [1.807, 2.05) is 29.2 Å². The monoisotopic (exact) mass is 298 g/mol. The van der Waals surface area contributed by atoms with Crippen LogP contribution in [0.25, 0.3) is 11.0 Å². The summed E-state index contributed by atoms with van der Waals surface area (Å²) in [5.74, 6) is 1.34. The van der Waals surface area contributed by atoms with Crippen molar-refractivity contribution in [1.82, 2.24) is 20.2 Å². The van der Waals surface area contributed by atoms with Gasteiger partial charge in [-0.3, -0.25) is 0 Å². The van der Waals surface area contributed by atoms with Gasteiger partial charge < -0.3 is 15.2 Å². The topological polar surface area (TPSA) is 61.0 Å². The van der Waals surface area contributed by atoms with Gasteiger partial charge in [0.15, 0.2) is 0 Å². The fourth-order valence-corrected chi connectivity index (χ4v) is 3.50. The molecular weight excluding hydrogens is 276 g/mol. The summed E-state index contributed by atoms with van der Waals surface area (Å²) in [4.78, 5) is 22.1. The second kappa shape index (κ2) is 5.63. The van der Waals surface area contributed by atoms with Crippen LogP contribution in [0.1, 0.15) is 43.8 Å². The maximum absolute atomic E-state index is 12.2. The zero-order chi connectivity index (χ0) is 14.9. The van der Waals surface area contributed by atoms with Crippen LogP contribution in [0.15, 0.2) is 24.3 Å². The Labute approximate surface area is 130 Å². The molecule has 4 rings (SSSR count). The molecule has 22 heavy (non-hydrogen) atoms. The van der Waals surface area contributed by atoms with Crippen molar-refractivity contribution >= 4 is 17.1 Å². The molecule has 5 heteroatoms. The van der Waals surface area contributed by atoms with Crippen molar-refractivity contribution in [2.45, 2.75) is 44.1 Å². The standard InChI is InChI=1S/C17H22N4O/c22-17(18-13-6-2-1-3-7-13)21-10-12(11-21)16-19-14-8-4-5-9-15(14)20-16/h4-5,8-9,12-13H,1-3,6-7,10-11H2,(H,18,22)(H,19,20). The Hall–Kier alpha value is -2.04. The van der Waals surface area contributed by atoms with E-state index in [1.165, 1.54) is 19.3 Å². The molecule has 2 heterocycles. The van der Waals surface area contributed by atoms with Gasteiger partial charge in [-0.1, -0.05) is 31.4 Å². The molecule has 0 unspecified atom stereocenters. The number of carbonyl (C=O) groups is 1. The van der Waals surface area contributed by atoms with Crippen LogP contribution in [-0.4, -0.2) is 40.0 Å². The number of fused-ring (bicyclic) bond motifs is 1. The molecule has 1 saturated heterocycles. The number of carbonyl (C=O) groups excluding carboxylic acids is 1. The second-order valence-corrected chi connectivity index (χ2v) is 6.53. The largest absolute Gasteiger partial charge is 0.342 e. The third-order valence-electron chi connectivity index (χ3n) is 4.90. The summed E-state index contributed by atoms with van der Waals surface area (Å²) in [5.41, 5.74) is 2.07. The maximum Gasteiger partial charge on any atom is 0.317 e. The Kier molecular flexibility index (Phi) is 3.48. The van der Waals surface area contributed by atoms with Crippen LogP contribution in [0.2, 0.25) is 0 Å². The summed E-state index contributed by atoms with van der Waals surface area (Å²) >= 11 is 0. The number of aromatic amines is 1. The molecular formula is C17H22N4O. The molecule has 5 nitrogen and oxygen atoms in total. The highest BCUT2D eigenvalue weighted by Crippen LogP contribution is 2.27. The summed E-state index contributed by atoms with van der Waals surface area (Å²) in [6.07, 6.45) is 6.06. The van der Waals surface area contributed by atoms with Crippen LogP contribution < -0.4 is 5.32 Å². The first-order chi connectivity index (χ1) is 10.8. The van der Waals surface area contributed by atoms with Crippen molar-refractivity contribution in [3.05, 3.63) is 30.1 Å². The normalized spacial score (nSPS) is 20.1. The van der Waals surface area contributed by atoms with Crippen LogP contribution in [0, 0.1) is 0 Å². The molecule has 1 aromatic heterocycles. The molecule has 0 atom stereocenters. The molecule has 1 saturated carbocycles. The Balaban J connectivity index is 1.34. The summed E-state index contributed by atoms with van der Waals surface area (Å²) in [5, 5.41) is 3.18. The molecule has 1 aliphatic carbocycles. The van der Waals surface area contributed by atoms with E-state index in [0.29, 0.717) is 12.0 Å². The second-order valence-electron chi connectivity index (χ2n) is 6.53.